The van der Waals surface area contributed by atoms with E-state index < -0.39 is 0 Å². The van der Waals surface area contributed by atoms with Crippen molar-refractivity contribution in [3.63, 3.8) is 0 Å². The second kappa shape index (κ2) is 6.01. The van der Waals surface area contributed by atoms with Crippen molar-refractivity contribution < 1.29 is 4.74 Å². The Morgan fingerprint density at radius 2 is 2.00 bits per heavy atom. The average Bonchev–Trinajstić information content (AvgIpc) is 1.88. The van der Waals surface area contributed by atoms with Crippen LogP contribution in [0.2, 0.25) is 0 Å². The van der Waals surface area contributed by atoms with Crippen molar-refractivity contribution in [2.24, 2.45) is 5.73 Å². The molecule has 3 heteroatoms. The van der Waals surface area contributed by atoms with Gasteiger partial charge >= 0.3 is 0 Å². The van der Waals surface area contributed by atoms with Crippen molar-refractivity contribution in [1.82, 2.24) is 0 Å². The van der Waals surface area contributed by atoms with Crippen molar-refractivity contribution >= 4 is 11.8 Å². The molecule has 0 aromatic carbocycles. The van der Waals surface area contributed by atoms with Gasteiger partial charge in [0, 0.05) is 24.2 Å². The zero-order valence-corrected chi connectivity index (χ0v) is 7.78. The number of rotatable bonds is 5. The van der Waals surface area contributed by atoms with Gasteiger partial charge in [-0.05, 0) is 0 Å². The van der Waals surface area contributed by atoms with E-state index in [0.717, 1.165) is 13.2 Å². The Hall–Kier alpha value is 0.270. The maximum atomic E-state index is 5.45. The van der Waals surface area contributed by atoms with Crippen LogP contribution in [0.1, 0.15) is 13.8 Å². The first-order chi connectivity index (χ1) is 4.70. The van der Waals surface area contributed by atoms with Crippen LogP contribution >= 0.6 is 11.8 Å². The number of thioether (sulfide) groups is 1. The molecule has 0 radical (unpaired) electrons. The SMILES string of the molecule is COCC(C)SC(C)CN. The minimum atomic E-state index is 0.546. The third-order valence-electron chi connectivity index (χ3n) is 1.20. The topological polar surface area (TPSA) is 35.2 Å². The minimum absolute atomic E-state index is 0.546. The van der Waals surface area contributed by atoms with Crippen LogP contribution in [-0.2, 0) is 4.74 Å². The number of nitrogens with two attached hydrogens (primary N) is 1. The van der Waals surface area contributed by atoms with Crippen molar-refractivity contribution in [2.45, 2.75) is 24.3 Å². The van der Waals surface area contributed by atoms with E-state index in [-0.39, 0.29) is 0 Å². The smallest absolute Gasteiger partial charge is 0.0578 e. The van der Waals surface area contributed by atoms with Gasteiger partial charge in [0.15, 0.2) is 0 Å². The summed E-state index contributed by atoms with van der Waals surface area (Å²) in [6, 6.07) is 0. The molecule has 0 aliphatic heterocycles. The highest BCUT2D eigenvalue weighted by Gasteiger charge is 2.06. The standard InChI is InChI=1S/C7H17NOS/c1-6(4-8)10-7(2)5-9-3/h6-7H,4-5,8H2,1-3H3. The maximum Gasteiger partial charge on any atom is 0.0578 e. The number of hydrogen-bond acceptors (Lipinski definition) is 3. The molecule has 0 amide bonds. The first-order valence-electron chi connectivity index (χ1n) is 3.55. The van der Waals surface area contributed by atoms with E-state index >= 15 is 0 Å². The molecule has 2 unspecified atom stereocenters. The summed E-state index contributed by atoms with van der Waals surface area (Å²) in [5.74, 6) is 0. The highest BCUT2D eigenvalue weighted by Crippen LogP contribution is 2.15. The molecule has 0 fully saturated rings. The van der Waals surface area contributed by atoms with E-state index in [1.54, 1.807) is 7.11 Å². The van der Waals surface area contributed by atoms with Crippen LogP contribution in [0.25, 0.3) is 0 Å². The third-order valence-corrected chi connectivity index (χ3v) is 2.46. The van der Waals surface area contributed by atoms with Gasteiger partial charge in [0.1, 0.15) is 0 Å². The molecule has 0 heterocycles. The first kappa shape index (κ1) is 10.3. The third kappa shape index (κ3) is 5.09. The van der Waals surface area contributed by atoms with Crippen LogP contribution < -0.4 is 5.73 Å². The highest BCUT2D eigenvalue weighted by atomic mass is 32.2. The Bertz CT molecular complexity index is 80.0. The average molecular weight is 163 g/mol. The van der Waals surface area contributed by atoms with Gasteiger partial charge in [-0.3, -0.25) is 0 Å². The summed E-state index contributed by atoms with van der Waals surface area (Å²) in [4.78, 5) is 0. The molecule has 0 saturated heterocycles. The molecular weight excluding hydrogens is 146 g/mol. The Kier molecular flexibility index (Phi) is 6.17. The van der Waals surface area contributed by atoms with E-state index in [1.165, 1.54) is 0 Å². The Morgan fingerprint density at radius 3 is 2.40 bits per heavy atom. The summed E-state index contributed by atoms with van der Waals surface area (Å²) >= 11 is 1.87. The summed E-state index contributed by atoms with van der Waals surface area (Å²) in [7, 11) is 1.73. The number of ether oxygens (including phenoxy) is 1. The van der Waals surface area contributed by atoms with Crippen LogP contribution in [0, 0.1) is 0 Å². The van der Waals surface area contributed by atoms with E-state index in [9.17, 15) is 0 Å². The summed E-state index contributed by atoms with van der Waals surface area (Å²) in [5.41, 5.74) is 5.45. The molecule has 62 valence electrons. The van der Waals surface area contributed by atoms with E-state index in [4.69, 9.17) is 10.5 Å². The van der Waals surface area contributed by atoms with Crippen molar-refractivity contribution in [3.8, 4) is 0 Å². The van der Waals surface area contributed by atoms with Gasteiger partial charge < -0.3 is 10.5 Å². The number of methoxy groups -OCH3 is 1. The van der Waals surface area contributed by atoms with Crippen molar-refractivity contribution in [3.05, 3.63) is 0 Å². The lowest BCUT2D eigenvalue weighted by atomic mass is 10.5. The lowest BCUT2D eigenvalue weighted by Crippen LogP contribution is -2.17. The molecule has 0 spiro atoms. The second-order valence-corrected chi connectivity index (χ2v) is 4.33. The fraction of sp³-hybridized carbons (Fsp3) is 1.00. The molecule has 0 aliphatic rings. The van der Waals surface area contributed by atoms with E-state index in [2.05, 4.69) is 13.8 Å². The van der Waals surface area contributed by atoms with Crippen LogP contribution in [-0.4, -0.2) is 30.8 Å². The first-order valence-corrected chi connectivity index (χ1v) is 4.49. The molecule has 0 saturated carbocycles. The molecule has 0 aliphatic carbocycles. The monoisotopic (exact) mass is 163 g/mol. The molecule has 0 rings (SSSR count). The minimum Gasteiger partial charge on any atom is -0.384 e. The molecule has 0 aromatic heterocycles. The number of hydrogen-bond donors (Lipinski definition) is 1. The van der Waals surface area contributed by atoms with Crippen molar-refractivity contribution in [2.75, 3.05) is 20.3 Å². The molecular formula is C7H17NOS. The predicted octanol–water partition coefficient (Wildman–Crippen LogP) is 1.10. The fourth-order valence-corrected chi connectivity index (χ4v) is 1.85. The summed E-state index contributed by atoms with van der Waals surface area (Å²) in [6.45, 7) is 5.85. The molecule has 2 nitrogen and oxygen atoms in total. The zero-order valence-electron chi connectivity index (χ0n) is 6.96. The lowest BCUT2D eigenvalue weighted by molar-refractivity contribution is 0.203. The van der Waals surface area contributed by atoms with Crippen LogP contribution in [0.4, 0.5) is 0 Å². The fourth-order valence-electron chi connectivity index (χ4n) is 0.726. The quantitative estimate of drug-likeness (QED) is 0.659. The van der Waals surface area contributed by atoms with Crippen LogP contribution in [0.5, 0.6) is 0 Å². The van der Waals surface area contributed by atoms with Crippen molar-refractivity contribution in [1.29, 1.82) is 0 Å². The molecule has 0 bridgehead atoms. The van der Waals surface area contributed by atoms with Crippen LogP contribution in [0.3, 0.4) is 0 Å². The van der Waals surface area contributed by atoms with Gasteiger partial charge in [0.05, 0.1) is 6.61 Å². The molecule has 2 N–H and O–H groups in total. The van der Waals surface area contributed by atoms with Gasteiger partial charge in [0.2, 0.25) is 0 Å². The zero-order chi connectivity index (χ0) is 7.98. The Morgan fingerprint density at radius 1 is 1.40 bits per heavy atom. The summed E-state index contributed by atoms with van der Waals surface area (Å²) < 4.78 is 4.99. The summed E-state index contributed by atoms with van der Waals surface area (Å²) in [5, 5.41) is 1.11. The largest absolute Gasteiger partial charge is 0.384 e. The molecule has 2 atom stereocenters. The Labute approximate surface area is 67.5 Å². The van der Waals surface area contributed by atoms with Gasteiger partial charge in [-0.25, -0.2) is 0 Å². The van der Waals surface area contributed by atoms with Gasteiger partial charge in [-0.2, -0.15) is 11.8 Å². The van der Waals surface area contributed by atoms with Crippen LogP contribution in [0.15, 0.2) is 0 Å². The molecule has 10 heavy (non-hydrogen) atoms. The Balaban J connectivity index is 3.27. The van der Waals surface area contributed by atoms with E-state index in [1.807, 2.05) is 11.8 Å². The van der Waals surface area contributed by atoms with Gasteiger partial charge in [0.25, 0.3) is 0 Å². The van der Waals surface area contributed by atoms with Gasteiger partial charge in [-0.1, -0.05) is 13.8 Å². The van der Waals surface area contributed by atoms with E-state index in [0.29, 0.717) is 10.5 Å². The predicted molar refractivity (Wildman–Crippen MR) is 47.4 cm³/mol. The van der Waals surface area contributed by atoms with Gasteiger partial charge in [-0.15, -0.1) is 0 Å². The summed E-state index contributed by atoms with van der Waals surface area (Å²) in [6.07, 6.45) is 0. The normalized spacial score (nSPS) is 16.8. The molecule has 0 aromatic rings. The highest BCUT2D eigenvalue weighted by molar-refractivity contribution is 8.00. The second-order valence-electron chi connectivity index (χ2n) is 2.45. The lowest BCUT2D eigenvalue weighted by Gasteiger charge is -2.13. The maximum absolute atomic E-state index is 5.45.